The van der Waals surface area contributed by atoms with Crippen molar-refractivity contribution < 1.29 is 9.53 Å². The van der Waals surface area contributed by atoms with Crippen LogP contribution < -0.4 is 10.9 Å². The summed E-state index contributed by atoms with van der Waals surface area (Å²) in [4.78, 5) is 13.1. The summed E-state index contributed by atoms with van der Waals surface area (Å²) in [5.41, 5.74) is 5.12. The summed E-state index contributed by atoms with van der Waals surface area (Å²) in [5.74, 6) is -0.000556. The van der Waals surface area contributed by atoms with Gasteiger partial charge in [-0.25, -0.2) is 5.43 Å². The third kappa shape index (κ3) is 3.17. The smallest absolute Gasteiger partial charge is 0.248 e. The molecule has 1 fully saturated rings. The number of hydrogen-bond donors (Lipinski definition) is 2. The largest absolute Gasteiger partial charge is 0.379 e. The van der Waals surface area contributed by atoms with Crippen molar-refractivity contribution in [2.24, 2.45) is 0 Å². The lowest BCUT2D eigenvalue weighted by Gasteiger charge is -2.25. The van der Waals surface area contributed by atoms with E-state index in [-0.39, 0.29) is 5.91 Å². The first-order valence-corrected chi connectivity index (χ1v) is 4.08. The van der Waals surface area contributed by atoms with Gasteiger partial charge in [-0.05, 0) is 0 Å². The predicted octanol–water partition coefficient (Wildman–Crippen LogP) is -1.43. The summed E-state index contributed by atoms with van der Waals surface area (Å²) in [6.45, 7) is 3.60. The van der Waals surface area contributed by atoms with Gasteiger partial charge in [0.05, 0.1) is 19.8 Å². The molecule has 12 heavy (non-hydrogen) atoms. The molecule has 0 aromatic rings. The van der Waals surface area contributed by atoms with Crippen molar-refractivity contribution in [1.29, 1.82) is 0 Å². The van der Waals surface area contributed by atoms with E-state index in [0.29, 0.717) is 6.54 Å². The zero-order valence-electron chi connectivity index (χ0n) is 7.30. The molecule has 5 nitrogen and oxygen atoms in total. The van der Waals surface area contributed by atoms with Gasteiger partial charge in [-0.2, -0.15) is 0 Å². The third-order valence-electron chi connectivity index (χ3n) is 1.74. The summed E-state index contributed by atoms with van der Waals surface area (Å²) in [5, 5.41) is 0. The lowest BCUT2D eigenvalue weighted by Crippen LogP contribution is -2.45. The van der Waals surface area contributed by atoms with Gasteiger partial charge < -0.3 is 4.74 Å². The Hall–Kier alpha value is -0.650. The van der Waals surface area contributed by atoms with Crippen LogP contribution >= 0.6 is 0 Å². The van der Waals surface area contributed by atoms with Crippen LogP contribution in [0.4, 0.5) is 0 Å². The molecule has 0 radical (unpaired) electrons. The van der Waals surface area contributed by atoms with Crippen molar-refractivity contribution in [3.05, 3.63) is 0 Å². The second-order valence-corrected chi connectivity index (χ2v) is 2.69. The van der Waals surface area contributed by atoms with Crippen LogP contribution in [0.2, 0.25) is 0 Å². The van der Waals surface area contributed by atoms with Crippen molar-refractivity contribution in [3.63, 3.8) is 0 Å². The number of rotatable bonds is 3. The maximum absolute atomic E-state index is 11.1. The first-order valence-electron chi connectivity index (χ1n) is 4.08. The second kappa shape index (κ2) is 5.08. The molecular formula is C7H15N3O2. The number of amides is 1. The molecule has 1 amide bonds. The number of carbonyl (C=O) groups is 1. The highest BCUT2D eigenvalue weighted by Crippen LogP contribution is 1.94. The van der Waals surface area contributed by atoms with Crippen molar-refractivity contribution in [3.8, 4) is 0 Å². The normalized spacial score (nSPS) is 19.1. The Bertz CT molecular complexity index is 146. The highest BCUT2D eigenvalue weighted by atomic mass is 16.5. The monoisotopic (exact) mass is 173 g/mol. The molecule has 2 N–H and O–H groups in total. The lowest BCUT2D eigenvalue weighted by atomic mass is 10.4. The topological polar surface area (TPSA) is 53.6 Å². The fourth-order valence-corrected chi connectivity index (χ4v) is 1.14. The molecule has 0 aliphatic carbocycles. The average molecular weight is 173 g/mol. The van der Waals surface area contributed by atoms with Gasteiger partial charge in [-0.3, -0.25) is 15.1 Å². The number of nitrogens with zero attached hydrogens (tertiary/aromatic N) is 1. The van der Waals surface area contributed by atoms with Crippen molar-refractivity contribution in [1.82, 2.24) is 15.8 Å². The lowest BCUT2D eigenvalue weighted by molar-refractivity contribution is -0.124. The minimum absolute atomic E-state index is 0.000556. The van der Waals surface area contributed by atoms with Gasteiger partial charge >= 0.3 is 0 Å². The minimum Gasteiger partial charge on any atom is -0.379 e. The first kappa shape index (κ1) is 9.44. The van der Waals surface area contributed by atoms with E-state index < -0.39 is 0 Å². The van der Waals surface area contributed by atoms with Crippen molar-refractivity contribution in [2.45, 2.75) is 0 Å². The molecule has 0 aromatic carbocycles. The van der Waals surface area contributed by atoms with E-state index in [1.165, 1.54) is 0 Å². The van der Waals surface area contributed by atoms with Gasteiger partial charge in [0.15, 0.2) is 0 Å². The molecule has 0 aromatic heterocycles. The molecular weight excluding hydrogens is 158 g/mol. The molecule has 0 spiro atoms. The molecule has 0 atom stereocenters. The Kier molecular flexibility index (Phi) is 3.99. The highest BCUT2D eigenvalue weighted by molar-refractivity contribution is 5.77. The number of hydrazine groups is 1. The standard InChI is InChI=1S/C7H15N3O2/c1-8-9-7(11)6-10-2-4-12-5-3-10/h8H,2-6H2,1H3,(H,9,11). The first-order chi connectivity index (χ1) is 5.83. The van der Waals surface area contributed by atoms with Crippen LogP contribution in [0.25, 0.3) is 0 Å². The van der Waals surface area contributed by atoms with E-state index >= 15 is 0 Å². The second-order valence-electron chi connectivity index (χ2n) is 2.69. The number of carbonyl (C=O) groups excluding carboxylic acids is 1. The van der Waals surface area contributed by atoms with Crippen LogP contribution in [0.1, 0.15) is 0 Å². The molecule has 1 rings (SSSR count). The fourth-order valence-electron chi connectivity index (χ4n) is 1.14. The summed E-state index contributed by atoms with van der Waals surface area (Å²) in [7, 11) is 1.68. The number of nitrogens with one attached hydrogen (secondary N) is 2. The van der Waals surface area contributed by atoms with Crippen LogP contribution in [0.15, 0.2) is 0 Å². The van der Waals surface area contributed by atoms with E-state index in [4.69, 9.17) is 4.74 Å². The number of ether oxygens (including phenoxy) is 1. The summed E-state index contributed by atoms with van der Waals surface area (Å²) >= 11 is 0. The van der Waals surface area contributed by atoms with E-state index in [9.17, 15) is 4.79 Å². The van der Waals surface area contributed by atoms with Crippen LogP contribution in [-0.2, 0) is 9.53 Å². The van der Waals surface area contributed by atoms with E-state index in [2.05, 4.69) is 15.8 Å². The van der Waals surface area contributed by atoms with Gasteiger partial charge in [0.25, 0.3) is 0 Å². The maximum atomic E-state index is 11.1. The zero-order valence-corrected chi connectivity index (χ0v) is 7.30. The Morgan fingerprint density at radius 1 is 1.50 bits per heavy atom. The molecule has 1 saturated heterocycles. The SMILES string of the molecule is CNNC(=O)CN1CCOCC1. The van der Waals surface area contributed by atoms with Crippen LogP contribution in [0.5, 0.6) is 0 Å². The third-order valence-corrected chi connectivity index (χ3v) is 1.74. The van der Waals surface area contributed by atoms with Crippen LogP contribution in [-0.4, -0.2) is 50.7 Å². The molecule has 1 aliphatic heterocycles. The van der Waals surface area contributed by atoms with Crippen LogP contribution in [0.3, 0.4) is 0 Å². The number of hydrogen-bond acceptors (Lipinski definition) is 4. The Labute approximate surface area is 72.0 Å². The average Bonchev–Trinajstić information content (AvgIpc) is 2.06. The van der Waals surface area contributed by atoms with Crippen LogP contribution in [0, 0.1) is 0 Å². The van der Waals surface area contributed by atoms with E-state index in [0.717, 1.165) is 26.3 Å². The molecule has 0 bridgehead atoms. The Morgan fingerprint density at radius 2 is 2.17 bits per heavy atom. The van der Waals surface area contributed by atoms with Crippen molar-refractivity contribution in [2.75, 3.05) is 39.9 Å². The molecule has 70 valence electrons. The van der Waals surface area contributed by atoms with E-state index in [1.807, 2.05) is 0 Å². The molecule has 0 saturated carbocycles. The molecule has 1 aliphatic rings. The molecule has 1 heterocycles. The Morgan fingerprint density at radius 3 is 2.75 bits per heavy atom. The quantitative estimate of drug-likeness (QED) is 0.514. The zero-order chi connectivity index (χ0) is 8.81. The van der Waals surface area contributed by atoms with Gasteiger partial charge in [0.2, 0.25) is 5.91 Å². The van der Waals surface area contributed by atoms with E-state index in [1.54, 1.807) is 7.05 Å². The summed E-state index contributed by atoms with van der Waals surface area (Å²) < 4.78 is 5.15. The fraction of sp³-hybridized carbons (Fsp3) is 0.857. The van der Waals surface area contributed by atoms with Gasteiger partial charge in [0.1, 0.15) is 0 Å². The minimum atomic E-state index is -0.000556. The Balaban J connectivity index is 2.15. The molecule has 0 unspecified atom stereocenters. The highest BCUT2D eigenvalue weighted by Gasteiger charge is 2.12. The van der Waals surface area contributed by atoms with Gasteiger partial charge in [-0.1, -0.05) is 0 Å². The van der Waals surface area contributed by atoms with Gasteiger partial charge in [0, 0.05) is 20.1 Å². The molecule has 5 heteroatoms. The maximum Gasteiger partial charge on any atom is 0.248 e. The van der Waals surface area contributed by atoms with Crippen molar-refractivity contribution >= 4 is 5.91 Å². The summed E-state index contributed by atoms with van der Waals surface area (Å²) in [6.07, 6.45) is 0. The predicted molar refractivity (Wildman–Crippen MR) is 44.5 cm³/mol. The van der Waals surface area contributed by atoms with Gasteiger partial charge in [-0.15, -0.1) is 0 Å². The number of morpholine rings is 1. The summed E-state index contributed by atoms with van der Waals surface area (Å²) in [6, 6.07) is 0.